The molecule has 0 radical (unpaired) electrons. The second-order valence-corrected chi connectivity index (χ2v) is 5.55. The first-order valence-corrected chi connectivity index (χ1v) is 7.32. The smallest absolute Gasteiger partial charge is 0.122 e. The summed E-state index contributed by atoms with van der Waals surface area (Å²) in [5.74, 6) is 1.67. The lowest BCUT2D eigenvalue weighted by Crippen LogP contribution is -1.98. The van der Waals surface area contributed by atoms with Crippen LogP contribution in [0.25, 0.3) is 11.0 Å². The third kappa shape index (κ3) is 2.74. The molecular formula is C16H15BrN2O2. The van der Waals surface area contributed by atoms with Crippen LogP contribution in [0.3, 0.4) is 0 Å². The van der Waals surface area contributed by atoms with Crippen LogP contribution in [0.5, 0.6) is 11.5 Å². The van der Waals surface area contributed by atoms with Crippen LogP contribution in [0.1, 0.15) is 5.56 Å². The number of halogens is 1. The van der Waals surface area contributed by atoms with Crippen LogP contribution in [0, 0.1) is 0 Å². The number of imidazole rings is 1. The fourth-order valence-corrected chi connectivity index (χ4v) is 2.80. The van der Waals surface area contributed by atoms with Crippen molar-refractivity contribution in [2.75, 3.05) is 14.2 Å². The molecule has 1 heterocycles. The van der Waals surface area contributed by atoms with Crippen molar-refractivity contribution >= 4 is 27.0 Å². The van der Waals surface area contributed by atoms with Gasteiger partial charge in [0.05, 0.1) is 26.1 Å². The van der Waals surface area contributed by atoms with Gasteiger partial charge in [-0.05, 0) is 39.7 Å². The predicted octanol–water partition coefficient (Wildman–Crippen LogP) is 3.86. The van der Waals surface area contributed by atoms with Gasteiger partial charge in [0.2, 0.25) is 0 Å². The first-order valence-electron chi connectivity index (χ1n) is 6.52. The minimum atomic E-state index is 0.750. The quantitative estimate of drug-likeness (QED) is 0.719. The molecule has 1 aromatic heterocycles. The van der Waals surface area contributed by atoms with Crippen LogP contribution in [0.4, 0.5) is 0 Å². The number of fused-ring (bicyclic) bond motifs is 1. The molecule has 0 N–H and O–H groups in total. The maximum Gasteiger partial charge on any atom is 0.122 e. The Labute approximate surface area is 131 Å². The van der Waals surface area contributed by atoms with E-state index in [9.17, 15) is 0 Å². The van der Waals surface area contributed by atoms with Crippen LogP contribution in [-0.2, 0) is 6.54 Å². The molecular weight excluding hydrogens is 332 g/mol. The third-order valence-electron chi connectivity index (χ3n) is 3.40. The molecule has 3 aromatic rings. The Morgan fingerprint density at radius 1 is 1.05 bits per heavy atom. The lowest BCUT2D eigenvalue weighted by Gasteiger charge is -2.07. The largest absolute Gasteiger partial charge is 0.497 e. The summed E-state index contributed by atoms with van der Waals surface area (Å²) in [5, 5.41) is 0. The normalized spacial score (nSPS) is 10.8. The Morgan fingerprint density at radius 3 is 2.43 bits per heavy atom. The number of benzene rings is 2. The SMILES string of the molecule is COc1ccc(Cn2cnc3c(Br)cc(OC)cc32)cc1. The highest BCUT2D eigenvalue weighted by molar-refractivity contribution is 9.10. The maximum absolute atomic E-state index is 5.32. The minimum Gasteiger partial charge on any atom is -0.497 e. The van der Waals surface area contributed by atoms with Gasteiger partial charge in [-0.2, -0.15) is 0 Å². The highest BCUT2D eigenvalue weighted by Gasteiger charge is 2.09. The Bertz CT molecular complexity index is 766. The van der Waals surface area contributed by atoms with Gasteiger partial charge in [-0.1, -0.05) is 12.1 Å². The van der Waals surface area contributed by atoms with Gasteiger partial charge in [0.1, 0.15) is 17.0 Å². The first-order chi connectivity index (χ1) is 10.2. The van der Waals surface area contributed by atoms with Gasteiger partial charge in [-0.15, -0.1) is 0 Å². The van der Waals surface area contributed by atoms with E-state index in [-0.39, 0.29) is 0 Å². The molecule has 2 aromatic carbocycles. The zero-order valence-electron chi connectivity index (χ0n) is 11.8. The molecule has 0 spiro atoms. The van der Waals surface area contributed by atoms with Crippen molar-refractivity contribution in [3.8, 4) is 11.5 Å². The van der Waals surface area contributed by atoms with Crippen LogP contribution >= 0.6 is 15.9 Å². The Balaban J connectivity index is 1.98. The monoisotopic (exact) mass is 346 g/mol. The van der Waals surface area contributed by atoms with E-state index in [1.54, 1.807) is 14.2 Å². The van der Waals surface area contributed by atoms with E-state index < -0.39 is 0 Å². The molecule has 0 aliphatic heterocycles. The average Bonchev–Trinajstić information content (AvgIpc) is 2.91. The number of nitrogens with zero attached hydrogens (tertiary/aromatic N) is 2. The highest BCUT2D eigenvalue weighted by Crippen LogP contribution is 2.29. The summed E-state index contributed by atoms with van der Waals surface area (Å²) < 4.78 is 13.5. The molecule has 0 saturated heterocycles. The summed E-state index contributed by atoms with van der Waals surface area (Å²) in [6.45, 7) is 0.750. The van der Waals surface area contributed by atoms with Crippen molar-refractivity contribution in [1.82, 2.24) is 9.55 Å². The Morgan fingerprint density at radius 2 is 1.76 bits per heavy atom. The molecule has 3 rings (SSSR count). The van der Waals surface area contributed by atoms with Crippen molar-refractivity contribution in [1.29, 1.82) is 0 Å². The Hall–Kier alpha value is -2.01. The summed E-state index contributed by atoms with van der Waals surface area (Å²) in [6.07, 6.45) is 1.85. The van der Waals surface area contributed by atoms with Gasteiger partial charge >= 0.3 is 0 Å². The lowest BCUT2D eigenvalue weighted by molar-refractivity contribution is 0.414. The summed E-state index contributed by atoms with van der Waals surface area (Å²) in [4.78, 5) is 4.46. The molecule has 0 aliphatic rings. The summed E-state index contributed by atoms with van der Waals surface area (Å²) >= 11 is 3.53. The van der Waals surface area contributed by atoms with E-state index in [2.05, 4.69) is 37.6 Å². The van der Waals surface area contributed by atoms with Gasteiger partial charge < -0.3 is 14.0 Å². The van der Waals surface area contributed by atoms with E-state index in [0.29, 0.717) is 0 Å². The van der Waals surface area contributed by atoms with Gasteiger partial charge in [0.15, 0.2) is 0 Å². The van der Waals surface area contributed by atoms with Crippen LogP contribution in [-0.4, -0.2) is 23.8 Å². The molecule has 0 saturated carbocycles. The fraction of sp³-hybridized carbons (Fsp3) is 0.188. The van der Waals surface area contributed by atoms with Gasteiger partial charge in [-0.25, -0.2) is 4.98 Å². The molecule has 0 unspecified atom stereocenters. The molecule has 108 valence electrons. The van der Waals surface area contributed by atoms with Crippen LogP contribution < -0.4 is 9.47 Å². The van der Waals surface area contributed by atoms with Crippen molar-refractivity contribution in [2.24, 2.45) is 0 Å². The minimum absolute atomic E-state index is 0.750. The topological polar surface area (TPSA) is 36.3 Å². The molecule has 0 amide bonds. The molecule has 0 aliphatic carbocycles. The average molecular weight is 347 g/mol. The van der Waals surface area contributed by atoms with Gasteiger partial charge in [0, 0.05) is 17.1 Å². The van der Waals surface area contributed by atoms with Gasteiger partial charge in [0.25, 0.3) is 0 Å². The zero-order chi connectivity index (χ0) is 14.8. The van der Waals surface area contributed by atoms with Gasteiger partial charge in [-0.3, -0.25) is 0 Å². The number of methoxy groups -OCH3 is 2. The van der Waals surface area contributed by atoms with Crippen molar-refractivity contribution in [3.05, 3.63) is 52.8 Å². The number of aromatic nitrogens is 2. The number of hydrogen-bond acceptors (Lipinski definition) is 3. The van der Waals surface area contributed by atoms with E-state index >= 15 is 0 Å². The Kier molecular flexibility index (Phi) is 3.84. The van der Waals surface area contributed by atoms with E-state index in [0.717, 1.165) is 33.5 Å². The lowest BCUT2D eigenvalue weighted by atomic mass is 10.2. The number of rotatable bonds is 4. The second kappa shape index (κ2) is 5.77. The van der Waals surface area contributed by atoms with Crippen molar-refractivity contribution in [2.45, 2.75) is 6.54 Å². The number of hydrogen-bond donors (Lipinski definition) is 0. The molecule has 21 heavy (non-hydrogen) atoms. The van der Waals surface area contributed by atoms with Crippen molar-refractivity contribution < 1.29 is 9.47 Å². The standard InChI is InChI=1S/C16H15BrN2O2/c1-20-12-5-3-11(4-6-12)9-19-10-18-16-14(17)7-13(21-2)8-15(16)19/h3-8,10H,9H2,1-2H3. The van der Waals surface area contributed by atoms with Crippen molar-refractivity contribution in [3.63, 3.8) is 0 Å². The second-order valence-electron chi connectivity index (χ2n) is 4.70. The van der Waals surface area contributed by atoms with E-state index in [1.165, 1.54) is 5.56 Å². The fourth-order valence-electron chi connectivity index (χ4n) is 2.27. The molecule has 5 heteroatoms. The molecule has 4 nitrogen and oxygen atoms in total. The summed E-state index contributed by atoms with van der Waals surface area (Å²) in [7, 11) is 3.33. The predicted molar refractivity (Wildman–Crippen MR) is 86.1 cm³/mol. The maximum atomic E-state index is 5.32. The molecule has 0 atom stereocenters. The zero-order valence-corrected chi connectivity index (χ0v) is 13.4. The first kappa shape index (κ1) is 13.9. The molecule has 0 bridgehead atoms. The number of ether oxygens (including phenoxy) is 2. The van der Waals surface area contributed by atoms with E-state index in [4.69, 9.17) is 9.47 Å². The molecule has 0 fully saturated rings. The van der Waals surface area contributed by atoms with Crippen LogP contribution in [0.15, 0.2) is 47.2 Å². The van der Waals surface area contributed by atoms with Crippen LogP contribution in [0.2, 0.25) is 0 Å². The highest BCUT2D eigenvalue weighted by atomic mass is 79.9. The third-order valence-corrected chi connectivity index (χ3v) is 4.00. The van der Waals surface area contributed by atoms with E-state index in [1.807, 2.05) is 30.6 Å². The summed E-state index contributed by atoms with van der Waals surface area (Å²) in [6, 6.07) is 12.0. The summed E-state index contributed by atoms with van der Waals surface area (Å²) in [5.41, 5.74) is 3.16.